The van der Waals surface area contributed by atoms with Crippen LogP contribution in [-0.4, -0.2) is 87.8 Å². The number of nitrogens with two attached hydrogens (primary N) is 1. The first kappa shape index (κ1) is 34.9. The number of nitrogens with zero attached hydrogens (tertiary/aromatic N) is 6. The number of rotatable bonds is 8. The van der Waals surface area contributed by atoms with Gasteiger partial charge < -0.3 is 40.6 Å². The minimum absolute atomic E-state index is 0.0655. The number of aromatic nitrogens is 6. The highest BCUT2D eigenvalue weighted by molar-refractivity contribution is 5.81. The molecule has 14 nitrogen and oxygen atoms in total. The molecule has 4 heterocycles. The van der Waals surface area contributed by atoms with Crippen molar-refractivity contribution in [2.45, 2.75) is 104 Å². The van der Waals surface area contributed by atoms with Crippen LogP contribution in [0.3, 0.4) is 0 Å². The summed E-state index contributed by atoms with van der Waals surface area (Å²) < 4.78 is 14.0. The Morgan fingerprint density at radius 3 is 2.52 bits per heavy atom. The molecule has 0 spiro atoms. The fraction of sp³-hybridized carbons (Fsp3) is 0.594. The fourth-order valence-corrected chi connectivity index (χ4v) is 4.97. The third-order valence-corrected chi connectivity index (χ3v) is 7.10. The minimum atomic E-state index is -1.50. The van der Waals surface area contributed by atoms with E-state index in [4.69, 9.17) is 25.4 Å². The number of imidazole rings is 2. The van der Waals surface area contributed by atoms with E-state index in [9.17, 15) is 4.79 Å². The summed E-state index contributed by atoms with van der Waals surface area (Å²) in [7, 11) is 0. The van der Waals surface area contributed by atoms with E-state index in [2.05, 4.69) is 63.1 Å². The zero-order valence-corrected chi connectivity index (χ0v) is 28.2. The van der Waals surface area contributed by atoms with Gasteiger partial charge in [0.25, 0.3) is 0 Å². The molecule has 0 radical (unpaired) electrons. The smallest absolute Gasteiger partial charge is 0.410 e. The number of H-pyrrole nitrogens is 1. The molecule has 46 heavy (non-hydrogen) atoms. The maximum Gasteiger partial charge on any atom is 0.410 e. The number of anilines is 2. The fourth-order valence-electron chi connectivity index (χ4n) is 4.97. The second-order valence-corrected chi connectivity index (χ2v) is 14.1. The molecular formula is C32H49N9O5. The van der Waals surface area contributed by atoms with Crippen LogP contribution in [0.25, 0.3) is 22.2 Å². The van der Waals surface area contributed by atoms with Crippen molar-refractivity contribution in [2.24, 2.45) is 0 Å². The van der Waals surface area contributed by atoms with E-state index < -0.39 is 11.4 Å². The number of nitrogens with one attached hydrogen (secondary N) is 2. The lowest BCUT2D eigenvalue weighted by molar-refractivity contribution is -0.127. The van der Waals surface area contributed by atoms with Gasteiger partial charge in [0.1, 0.15) is 23.7 Å². The van der Waals surface area contributed by atoms with Crippen LogP contribution < -0.4 is 11.1 Å². The van der Waals surface area contributed by atoms with E-state index in [-0.39, 0.29) is 23.8 Å². The summed E-state index contributed by atoms with van der Waals surface area (Å²) in [5.41, 5.74) is 9.78. The van der Waals surface area contributed by atoms with Gasteiger partial charge in [-0.2, -0.15) is 0 Å². The molecule has 1 saturated heterocycles. The van der Waals surface area contributed by atoms with E-state index in [1.54, 1.807) is 11.2 Å². The molecule has 252 valence electrons. The Balaban J connectivity index is 0.000000892. The number of carbonyl (C=O) groups is 1. The number of hydrogen-bond acceptors (Lipinski definition) is 11. The number of amides is 1. The van der Waals surface area contributed by atoms with Gasteiger partial charge in [0.2, 0.25) is 5.95 Å². The highest BCUT2D eigenvalue weighted by Gasteiger charge is 2.32. The Kier molecular flexibility index (Phi) is 10.4. The van der Waals surface area contributed by atoms with Crippen LogP contribution in [0.2, 0.25) is 0 Å². The normalized spacial score (nSPS) is 17.2. The van der Waals surface area contributed by atoms with Crippen molar-refractivity contribution in [3.8, 4) is 0 Å². The van der Waals surface area contributed by atoms with Crippen molar-refractivity contribution in [1.82, 2.24) is 34.4 Å². The molecule has 4 aromatic rings. The molecule has 14 heteroatoms. The molecule has 2 atom stereocenters. The monoisotopic (exact) mass is 639 g/mol. The first-order valence-electron chi connectivity index (χ1n) is 15.6. The van der Waals surface area contributed by atoms with Gasteiger partial charge in [-0.3, -0.25) is 4.57 Å². The van der Waals surface area contributed by atoms with Gasteiger partial charge >= 0.3 is 6.09 Å². The van der Waals surface area contributed by atoms with E-state index >= 15 is 0 Å². The summed E-state index contributed by atoms with van der Waals surface area (Å²) in [5, 5.41) is 19.5. The van der Waals surface area contributed by atoms with Gasteiger partial charge in [-0.1, -0.05) is 26.8 Å². The number of fused-ring (bicyclic) bond motifs is 2. The third-order valence-electron chi connectivity index (χ3n) is 7.10. The average molecular weight is 640 g/mol. The maximum atomic E-state index is 13.1. The van der Waals surface area contributed by atoms with Gasteiger partial charge in [-0.15, -0.1) is 0 Å². The van der Waals surface area contributed by atoms with Crippen molar-refractivity contribution in [3.63, 3.8) is 0 Å². The van der Waals surface area contributed by atoms with Crippen LogP contribution in [0.4, 0.5) is 16.6 Å². The molecule has 1 aromatic carbocycles. The first-order chi connectivity index (χ1) is 21.4. The van der Waals surface area contributed by atoms with Crippen LogP contribution in [-0.2, 0) is 14.9 Å². The Labute approximate surface area is 269 Å². The quantitative estimate of drug-likeness (QED) is 0.133. The molecule has 3 aromatic heterocycles. The summed E-state index contributed by atoms with van der Waals surface area (Å²) in [4.78, 5) is 35.6. The lowest BCUT2D eigenvalue weighted by Crippen LogP contribution is -2.42. The molecule has 1 amide bonds. The molecule has 1 aliphatic heterocycles. The highest BCUT2D eigenvalue weighted by Crippen LogP contribution is 2.32. The van der Waals surface area contributed by atoms with Gasteiger partial charge in [-0.05, 0) is 77.0 Å². The van der Waals surface area contributed by atoms with E-state index in [0.717, 1.165) is 23.9 Å². The lowest BCUT2D eigenvalue weighted by atomic mass is 9.87. The molecule has 0 bridgehead atoms. The number of hydrogen-bond donors (Lipinski definition) is 5. The van der Waals surface area contributed by atoms with Crippen molar-refractivity contribution < 1.29 is 24.5 Å². The summed E-state index contributed by atoms with van der Waals surface area (Å²) in [6.45, 7) is 16.4. The highest BCUT2D eigenvalue weighted by atomic mass is 16.6. The zero-order chi connectivity index (χ0) is 33.9. The maximum absolute atomic E-state index is 13.1. The van der Waals surface area contributed by atoms with E-state index in [0.29, 0.717) is 49.0 Å². The van der Waals surface area contributed by atoms with Crippen LogP contribution in [0, 0.1) is 0 Å². The summed E-state index contributed by atoms with van der Waals surface area (Å²) in [5.74, 6) is -0.445. The standard InChI is InChI=1S/C29H41N9O3.C3H8O2/c1-28(2,3)18-8-10-20-21(14-18)36-26(35-20)31-12-7-13-37(27(39)41-29(4,5)6)15-19-9-11-22(40-19)38-17-34-23-24(30)32-16-33-25(23)38;1-3(2,4)5/h8,10,14,16-17,19,22H,7,9,11-13,15H2,1-6H3,(H2,30,32,33)(H2,31,35,36);4-5H,1-2H3. The summed E-state index contributed by atoms with van der Waals surface area (Å²) in [6, 6.07) is 6.33. The van der Waals surface area contributed by atoms with Gasteiger partial charge in [0.05, 0.1) is 30.0 Å². The average Bonchev–Trinajstić information content (AvgIpc) is 3.65. The Bertz CT molecular complexity index is 1610. The van der Waals surface area contributed by atoms with Crippen molar-refractivity contribution in [2.75, 3.05) is 30.7 Å². The summed E-state index contributed by atoms with van der Waals surface area (Å²) >= 11 is 0. The molecule has 0 aliphatic carbocycles. The predicted octanol–water partition coefficient (Wildman–Crippen LogP) is 4.71. The Hall–Kier alpha value is -4.01. The second-order valence-electron chi connectivity index (χ2n) is 14.1. The molecule has 6 N–H and O–H groups in total. The van der Waals surface area contributed by atoms with Crippen LogP contribution in [0.15, 0.2) is 30.9 Å². The van der Waals surface area contributed by atoms with Gasteiger partial charge in [-0.25, -0.2) is 24.7 Å². The molecular weight excluding hydrogens is 590 g/mol. The minimum Gasteiger partial charge on any atom is -0.444 e. The molecule has 2 unspecified atom stereocenters. The van der Waals surface area contributed by atoms with E-state index in [1.165, 1.54) is 25.7 Å². The second kappa shape index (κ2) is 13.8. The van der Waals surface area contributed by atoms with Crippen molar-refractivity contribution >= 4 is 40.1 Å². The Morgan fingerprint density at radius 2 is 1.85 bits per heavy atom. The SMILES string of the molecule is CC(C)(C)OC(=O)N(CCCNc1nc2ccc(C(C)(C)C)cc2[nH]1)CC1CCC(n2cnc3c(N)ncnc32)O1.CC(C)(O)O. The zero-order valence-electron chi connectivity index (χ0n) is 28.2. The largest absolute Gasteiger partial charge is 0.444 e. The van der Waals surface area contributed by atoms with E-state index in [1.807, 2.05) is 31.4 Å². The number of ether oxygens (including phenoxy) is 2. The van der Waals surface area contributed by atoms with Gasteiger partial charge in [0, 0.05) is 13.1 Å². The number of nitrogen functional groups attached to an aromatic ring is 1. The summed E-state index contributed by atoms with van der Waals surface area (Å²) in [6.07, 6.45) is 4.64. The van der Waals surface area contributed by atoms with Gasteiger partial charge in [0.15, 0.2) is 17.3 Å². The Morgan fingerprint density at radius 1 is 1.13 bits per heavy atom. The number of benzene rings is 1. The number of aromatic amines is 1. The first-order valence-corrected chi connectivity index (χ1v) is 15.6. The number of carbonyl (C=O) groups excluding carboxylic acids is 1. The lowest BCUT2D eigenvalue weighted by Gasteiger charge is -2.29. The topological polar surface area (TPSA) is 190 Å². The van der Waals surface area contributed by atoms with Crippen molar-refractivity contribution in [1.29, 1.82) is 0 Å². The molecule has 0 saturated carbocycles. The van der Waals surface area contributed by atoms with Crippen LogP contribution >= 0.6 is 0 Å². The van der Waals surface area contributed by atoms with Crippen LogP contribution in [0.5, 0.6) is 0 Å². The van der Waals surface area contributed by atoms with Crippen LogP contribution in [0.1, 0.15) is 86.4 Å². The molecule has 1 fully saturated rings. The predicted molar refractivity (Wildman–Crippen MR) is 177 cm³/mol. The molecule has 5 rings (SSSR count). The molecule has 1 aliphatic rings. The third kappa shape index (κ3) is 9.74. The van der Waals surface area contributed by atoms with Crippen molar-refractivity contribution in [3.05, 3.63) is 36.4 Å². The number of aliphatic hydroxyl groups is 2.